The van der Waals surface area contributed by atoms with E-state index in [1.54, 1.807) is 6.07 Å². The first-order chi connectivity index (χ1) is 12.0. The van der Waals surface area contributed by atoms with Crippen LogP contribution in [0.4, 0.5) is 0 Å². The number of nitrogens with two attached hydrogens (primary N) is 1. The van der Waals surface area contributed by atoms with Crippen molar-refractivity contribution in [3.63, 3.8) is 0 Å². The van der Waals surface area contributed by atoms with E-state index in [-0.39, 0.29) is 5.56 Å². The van der Waals surface area contributed by atoms with Crippen LogP contribution in [0.25, 0.3) is 22.4 Å². The molecule has 2 N–H and O–H groups in total. The molecule has 2 heterocycles. The predicted molar refractivity (Wildman–Crippen MR) is 93.8 cm³/mol. The van der Waals surface area contributed by atoms with E-state index in [2.05, 4.69) is 15.2 Å². The van der Waals surface area contributed by atoms with Gasteiger partial charge in [0.1, 0.15) is 0 Å². The van der Waals surface area contributed by atoms with E-state index >= 15 is 0 Å². The van der Waals surface area contributed by atoms with Crippen LogP contribution in [-0.2, 0) is 12.1 Å². The zero-order chi connectivity index (χ0) is 17.6. The Kier molecular flexibility index (Phi) is 3.68. The van der Waals surface area contributed by atoms with Crippen molar-refractivity contribution < 1.29 is 4.52 Å². The summed E-state index contributed by atoms with van der Waals surface area (Å²) in [5.74, 6) is 1.11. The van der Waals surface area contributed by atoms with Gasteiger partial charge in [-0.2, -0.15) is 10.1 Å². The highest BCUT2D eigenvalue weighted by Gasteiger charge is 2.39. The average molecular weight is 339 g/mol. The topological polar surface area (TPSA) is 99.8 Å². The minimum atomic E-state index is -0.496. The van der Waals surface area contributed by atoms with E-state index in [0.29, 0.717) is 40.6 Å². The zero-order valence-corrected chi connectivity index (χ0v) is 14.4. The summed E-state index contributed by atoms with van der Waals surface area (Å²) in [5.41, 5.74) is 6.21. The van der Waals surface area contributed by atoms with Crippen molar-refractivity contribution >= 4 is 10.8 Å². The molecule has 1 aromatic carbocycles. The fourth-order valence-corrected chi connectivity index (χ4v) is 3.17. The van der Waals surface area contributed by atoms with Gasteiger partial charge in [-0.15, -0.1) is 0 Å². The van der Waals surface area contributed by atoms with E-state index in [1.165, 1.54) is 4.68 Å². The van der Waals surface area contributed by atoms with E-state index < -0.39 is 5.54 Å². The van der Waals surface area contributed by atoms with Crippen molar-refractivity contribution in [3.05, 3.63) is 40.4 Å². The van der Waals surface area contributed by atoms with Gasteiger partial charge in [-0.3, -0.25) is 4.79 Å². The van der Waals surface area contributed by atoms with E-state index in [0.717, 1.165) is 19.3 Å². The molecular formula is C18H21N5O2. The number of rotatable bonds is 4. The fourth-order valence-electron chi connectivity index (χ4n) is 3.17. The zero-order valence-electron chi connectivity index (χ0n) is 14.4. The van der Waals surface area contributed by atoms with Crippen molar-refractivity contribution in [2.75, 3.05) is 0 Å². The van der Waals surface area contributed by atoms with Gasteiger partial charge in [-0.05, 0) is 31.2 Å². The lowest BCUT2D eigenvalue weighted by Crippen LogP contribution is -2.44. The molecular weight excluding hydrogens is 318 g/mol. The molecule has 0 spiro atoms. The van der Waals surface area contributed by atoms with Gasteiger partial charge in [0.15, 0.2) is 11.5 Å². The maximum absolute atomic E-state index is 12.7. The first kappa shape index (κ1) is 16.0. The molecule has 0 amide bonds. The molecule has 25 heavy (non-hydrogen) atoms. The van der Waals surface area contributed by atoms with Gasteiger partial charge in [-0.25, -0.2) is 4.68 Å². The van der Waals surface area contributed by atoms with Gasteiger partial charge >= 0.3 is 0 Å². The van der Waals surface area contributed by atoms with E-state index in [4.69, 9.17) is 10.3 Å². The van der Waals surface area contributed by atoms with Crippen LogP contribution in [0.2, 0.25) is 0 Å². The van der Waals surface area contributed by atoms with Crippen molar-refractivity contribution in [1.29, 1.82) is 0 Å². The first-order valence-electron chi connectivity index (χ1n) is 8.61. The molecule has 0 aliphatic heterocycles. The Morgan fingerprint density at radius 1 is 1.28 bits per heavy atom. The summed E-state index contributed by atoms with van der Waals surface area (Å²) >= 11 is 0. The molecule has 1 saturated carbocycles. The normalized spacial score (nSPS) is 16.3. The SMILES string of the molecule is CC(C)Cn1nc(-c2nc(C3(N)CCC3)no2)c2ccccc2c1=O. The third-order valence-corrected chi connectivity index (χ3v) is 4.73. The Balaban J connectivity index is 1.89. The molecule has 2 aromatic heterocycles. The largest absolute Gasteiger partial charge is 0.332 e. The summed E-state index contributed by atoms with van der Waals surface area (Å²) < 4.78 is 6.94. The summed E-state index contributed by atoms with van der Waals surface area (Å²) in [5, 5.41) is 9.89. The lowest BCUT2D eigenvalue weighted by Gasteiger charge is -2.34. The van der Waals surface area contributed by atoms with Crippen LogP contribution >= 0.6 is 0 Å². The molecule has 0 saturated heterocycles. The second-order valence-electron chi connectivity index (χ2n) is 7.21. The molecule has 3 aromatic rings. The summed E-state index contributed by atoms with van der Waals surface area (Å²) in [6, 6.07) is 7.36. The average Bonchev–Trinajstić information content (AvgIpc) is 3.05. The number of hydrogen-bond acceptors (Lipinski definition) is 6. The second kappa shape index (κ2) is 5.77. The number of hydrogen-bond donors (Lipinski definition) is 1. The molecule has 1 fully saturated rings. The predicted octanol–water partition coefficient (Wildman–Crippen LogP) is 2.44. The lowest BCUT2D eigenvalue weighted by atomic mass is 9.77. The molecule has 7 heteroatoms. The maximum Gasteiger partial charge on any atom is 0.279 e. The third kappa shape index (κ3) is 2.64. The van der Waals surface area contributed by atoms with Gasteiger partial charge in [0.2, 0.25) is 0 Å². The van der Waals surface area contributed by atoms with Gasteiger partial charge in [0, 0.05) is 11.9 Å². The van der Waals surface area contributed by atoms with Crippen LogP contribution in [0.15, 0.2) is 33.6 Å². The maximum atomic E-state index is 12.7. The van der Waals surface area contributed by atoms with Crippen LogP contribution in [0, 0.1) is 5.92 Å². The van der Waals surface area contributed by atoms with Crippen molar-refractivity contribution in [3.8, 4) is 11.6 Å². The Bertz CT molecular complexity index is 985. The molecule has 0 unspecified atom stereocenters. The Labute approximate surface area is 144 Å². The highest BCUT2D eigenvalue weighted by atomic mass is 16.5. The quantitative estimate of drug-likeness (QED) is 0.783. The van der Waals surface area contributed by atoms with Gasteiger partial charge in [-0.1, -0.05) is 37.2 Å². The van der Waals surface area contributed by atoms with Crippen molar-refractivity contribution in [1.82, 2.24) is 19.9 Å². The number of nitrogens with zero attached hydrogens (tertiary/aromatic N) is 4. The monoisotopic (exact) mass is 339 g/mol. The highest BCUT2D eigenvalue weighted by Crippen LogP contribution is 2.37. The molecule has 0 atom stereocenters. The minimum Gasteiger partial charge on any atom is -0.332 e. The van der Waals surface area contributed by atoms with Gasteiger partial charge in [0.25, 0.3) is 11.4 Å². The standard InChI is InChI=1S/C18H21N5O2/c1-11(2)10-23-16(24)13-7-4-3-6-12(13)14(21-23)15-20-17(22-25-15)18(19)8-5-9-18/h3-4,6-7,11H,5,8-10,19H2,1-2H3. The molecule has 1 aliphatic carbocycles. The van der Waals surface area contributed by atoms with Crippen LogP contribution in [0.3, 0.4) is 0 Å². The molecule has 1 aliphatic rings. The van der Waals surface area contributed by atoms with Crippen LogP contribution in [0.1, 0.15) is 38.9 Å². The third-order valence-electron chi connectivity index (χ3n) is 4.73. The molecule has 4 rings (SSSR count). The Hall–Kier alpha value is -2.54. The summed E-state index contributed by atoms with van der Waals surface area (Å²) in [6.07, 6.45) is 2.78. The van der Waals surface area contributed by atoms with Gasteiger partial charge in [0.05, 0.1) is 10.9 Å². The summed E-state index contributed by atoms with van der Waals surface area (Å²) in [6.45, 7) is 4.61. The number of fused-ring (bicyclic) bond motifs is 1. The van der Waals surface area contributed by atoms with Crippen LogP contribution in [0.5, 0.6) is 0 Å². The smallest absolute Gasteiger partial charge is 0.279 e. The number of benzene rings is 1. The minimum absolute atomic E-state index is 0.109. The molecule has 7 nitrogen and oxygen atoms in total. The Morgan fingerprint density at radius 3 is 2.64 bits per heavy atom. The highest BCUT2D eigenvalue weighted by molar-refractivity contribution is 5.91. The number of aromatic nitrogens is 4. The first-order valence-corrected chi connectivity index (χ1v) is 8.61. The van der Waals surface area contributed by atoms with Crippen molar-refractivity contribution in [2.45, 2.75) is 45.2 Å². The molecule has 0 radical (unpaired) electrons. The molecule has 0 bridgehead atoms. The lowest BCUT2D eigenvalue weighted by molar-refractivity contribution is 0.229. The Morgan fingerprint density at radius 2 is 2.00 bits per heavy atom. The van der Waals surface area contributed by atoms with Crippen LogP contribution < -0.4 is 11.3 Å². The van der Waals surface area contributed by atoms with E-state index in [1.807, 2.05) is 32.0 Å². The summed E-state index contributed by atoms with van der Waals surface area (Å²) in [4.78, 5) is 17.2. The molecule has 130 valence electrons. The van der Waals surface area contributed by atoms with Crippen LogP contribution in [-0.4, -0.2) is 19.9 Å². The second-order valence-corrected chi connectivity index (χ2v) is 7.21. The van der Waals surface area contributed by atoms with E-state index in [9.17, 15) is 4.79 Å². The van der Waals surface area contributed by atoms with Crippen molar-refractivity contribution in [2.24, 2.45) is 11.7 Å². The fraction of sp³-hybridized carbons (Fsp3) is 0.444. The summed E-state index contributed by atoms with van der Waals surface area (Å²) in [7, 11) is 0. The van der Waals surface area contributed by atoms with Gasteiger partial charge < -0.3 is 10.3 Å².